The molecule has 1 aliphatic heterocycles. The molecule has 2 heteroatoms. The Morgan fingerprint density at radius 1 is 1.78 bits per heavy atom. The molecule has 1 aliphatic rings. The lowest BCUT2D eigenvalue weighted by Crippen LogP contribution is -2.40. The molecule has 0 aromatic heterocycles. The number of rotatable bonds is 2. The molecular formula is C7H14NO. The first-order chi connectivity index (χ1) is 4.43. The van der Waals surface area contributed by atoms with Gasteiger partial charge in [-0.1, -0.05) is 6.92 Å². The number of nitrogens with one attached hydrogen (secondary N) is 1. The second-order valence-electron chi connectivity index (χ2n) is 2.37. The summed E-state index contributed by atoms with van der Waals surface area (Å²) in [6.45, 7) is 4.85. The van der Waals surface area contributed by atoms with E-state index in [1.807, 2.05) is 0 Å². The van der Waals surface area contributed by atoms with Gasteiger partial charge in [0.1, 0.15) is 0 Å². The first-order valence-corrected chi connectivity index (χ1v) is 3.52. The van der Waals surface area contributed by atoms with Crippen molar-refractivity contribution in [1.82, 2.24) is 5.32 Å². The van der Waals surface area contributed by atoms with Crippen LogP contribution in [0.2, 0.25) is 0 Å². The fourth-order valence-corrected chi connectivity index (χ4v) is 1.06. The normalized spacial score (nSPS) is 28.3. The van der Waals surface area contributed by atoms with E-state index in [2.05, 4.69) is 18.7 Å². The lowest BCUT2D eigenvalue weighted by Gasteiger charge is -2.22. The Morgan fingerprint density at radius 2 is 2.67 bits per heavy atom. The van der Waals surface area contributed by atoms with E-state index >= 15 is 0 Å². The van der Waals surface area contributed by atoms with Crippen LogP contribution in [0, 0.1) is 6.42 Å². The molecular weight excluding hydrogens is 114 g/mol. The molecule has 1 fully saturated rings. The molecule has 9 heavy (non-hydrogen) atoms. The van der Waals surface area contributed by atoms with Crippen molar-refractivity contribution in [1.29, 1.82) is 0 Å². The van der Waals surface area contributed by atoms with Gasteiger partial charge < -0.3 is 10.1 Å². The summed E-state index contributed by atoms with van der Waals surface area (Å²) in [5, 5.41) is 3.36. The highest BCUT2D eigenvalue weighted by molar-refractivity contribution is 4.74. The number of hydrogen-bond donors (Lipinski definition) is 1. The predicted molar refractivity (Wildman–Crippen MR) is 37.2 cm³/mol. The molecule has 1 atom stereocenters. The highest BCUT2D eigenvalue weighted by Crippen LogP contribution is 1.99. The highest BCUT2D eigenvalue weighted by atomic mass is 16.5. The summed E-state index contributed by atoms with van der Waals surface area (Å²) < 4.78 is 5.25. The quantitative estimate of drug-likeness (QED) is 0.587. The highest BCUT2D eigenvalue weighted by Gasteiger charge is 2.10. The maximum absolute atomic E-state index is 5.25. The topological polar surface area (TPSA) is 21.3 Å². The lowest BCUT2D eigenvalue weighted by molar-refractivity contribution is 0.0767. The average molecular weight is 128 g/mol. The van der Waals surface area contributed by atoms with E-state index in [4.69, 9.17) is 4.74 Å². The fraction of sp³-hybridized carbons (Fsp3) is 0.857. The van der Waals surface area contributed by atoms with Crippen molar-refractivity contribution in [3.63, 3.8) is 0 Å². The van der Waals surface area contributed by atoms with Gasteiger partial charge in [0, 0.05) is 12.6 Å². The largest absolute Gasteiger partial charge is 0.379 e. The lowest BCUT2D eigenvalue weighted by atomic mass is 10.2. The monoisotopic (exact) mass is 128 g/mol. The zero-order valence-corrected chi connectivity index (χ0v) is 5.89. The average Bonchev–Trinajstić information content (AvgIpc) is 1.91. The number of hydrogen-bond acceptors (Lipinski definition) is 2. The Kier molecular flexibility index (Phi) is 3.01. The van der Waals surface area contributed by atoms with Gasteiger partial charge in [-0.2, -0.15) is 0 Å². The SMILES string of the molecule is C[CH]CC1COCCN1. The van der Waals surface area contributed by atoms with Crippen LogP contribution in [0.15, 0.2) is 0 Å². The van der Waals surface area contributed by atoms with E-state index in [9.17, 15) is 0 Å². The minimum absolute atomic E-state index is 0.573. The summed E-state index contributed by atoms with van der Waals surface area (Å²) in [5.74, 6) is 0. The Bertz CT molecular complexity index is 66.6. The van der Waals surface area contributed by atoms with Crippen molar-refractivity contribution in [2.45, 2.75) is 19.4 Å². The summed E-state index contributed by atoms with van der Waals surface area (Å²) in [4.78, 5) is 0. The van der Waals surface area contributed by atoms with Crippen LogP contribution in [0.25, 0.3) is 0 Å². The second kappa shape index (κ2) is 3.85. The van der Waals surface area contributed by atoms with Gasteiger partial charge in [0.25, 0.3) is 0 Å². The standard InChI is InChI=1S/C7H14NO/c1-2-3-7-6-9-5-4-8-7/h2,7-8H,3-6H2,1H3. The fourth-order valence-electron chi connectivity index (χ4n) is 1.06. The van der Waals surface area contributed by atoms with Crippen LogP contribution in [0.5, 0.6) is 0 Å². The van der Waals surface area contributed by atoms with Gasteiger partial charge in [-0.25, -0.2) is 0 Å². The molecule has 1 heterocycles. The maximum Gasteiger partial charge on any atom is 0.0620 e. The molecule has 1 N–H and O–H groups in total. The third-order valence-corrected chi connectivity index (χ3v) is 1.52. The molecule has 0 spiro atoms. The number of morpholine rings is 1. The van der Waals surface area contributed by atoms with Gasteiger partial charge in [-0.05, 0) is 12.8 Å². The van der Waals surface area contributed by atoms with Crippen molar-refractivity contribution in [3.05, 3.63) is 6.42 Å². The third-order valence-electron chi connectivity index (χ3n) is 1.52. The van der Waals surface area contributed by atoms with Crippen molar-refractivity contribution in [2.24, 2.45) is 0 Å². The van der Waals surface area contributed by atoms with Crippen LogP contribution in [0.3, 0.4) is 0 Å². The van der Waals surface area contributed by atoms with Crippen LogP contribution in [0.1, 0.15) is 13.3 Å². The molecule has 53 valence electrons. The molecule has 1 radical (unpaired) electrons. The Hall–Kier alpha value is -0.0800. The van der Waals surface area contributed by atoms with Crippen molar-refractivity contribution < 1.29 is 4.74 Å². The molecule has 0 aromatic carbocycles. The Balaban J connectivity index is 2.08. The van der Waals surface area contributed by atoms with Gasteiger partial charge in [-0.15, -0.1) is 0 Å². The summed E-state index contributed by atoms with van der Waals surface area (Å²) in [7, 11) is 0. The first-order valence-electron chi connectivity index (χ1n) is 3.52. The zero-order valence-electron chi connectivity index (χ0n) is 5.89. The van der Waals surface area contributed by atoms with Gasteiger partial charge in [0.2, 0.25) is 0 Å². The molecule has 0 amide bonds. The van der Waals surface area contributed by atoms with E-state index in [-0.39, 0.29) is 0 Å². The minimum Gasteiger partial charge on any atom is -0.379 e. The molecule has 2 nitrogen and oxygen atoms in total. The molecule has 1 saturated heterocycles. The summed E-state index contributed by atoms with van der Waals surface area (Å²) in [6, 6.07) is 0.573. The van der Waals surface area contributed by atoms with Crippen LogP contribution < -0.4 is 5.32 Å². The van der Waals surface area contributed by atoms with Gasteiger partial charge in [0.15, 0.2) is 0 Å². The molecule has 0 aliphatic carbocycles. The van der Waals surface area contributed by atoms with Gasteiger partial charge in [-0.3, -0.25) is 0 Å². The minimum atomic E-state index is 0.573. The Morgan fingerprint density at radius 3 is 3.22 bits per heavy atom. The maximum atomic E-state index is 5.25. The van der Waals surface area contributed by atoms with E-state index in [1.165, 1.54) is 0 Å². The zero-order chi connectivity index (χ0) is 6.53. The van der Waals surface area contributed by atoms with Crippen LogP contribution >= 0.6 is 0 Å². The van der Waals surface area contributed by atoms with E-state index in [0.29, 0.717) is 6.04 Å². The van der Waals surface area contributed by atoms with Gasteiger partial charge >= 0.3 is 0 Å². The molecule has 0 bridgehead atoms. The summed E-state index contributed by atoms with van der Waals surface area (Å²) in [5.41, 5.74) is 0. The predicted octanol–water partition coefficient (Wildman–Crippen LogP) is 0.589. The van der Waals surface area contributed by atoms with Crippen molar-refractivity contribution >= 4 is 0 Å². The van der Waals surface area contributed by atoms with E-state index in [0.717, 1.165) is 26.2 Å². The van der Waals surface area contributed by atoms with Crippen LogP contribution in [0.4, 0.5) is 0 Å². The van der Waals surface area contributed by atoms with E-state index in [1.54, 1.807) is 0 Å². The van der Waals surface area contributed by atoms with E-state index < -0.39 is 0 Å². The summed E-state index contributed by atoms with van der Waals surface area (Å²) >= 11 is 0. The van der Waals surface area contributed by atoms with Crippen molar-refractivity contribution in [2.75, 3.05) is 19.8 Å². The third kappa shape index (κ3) is 2.33. The van der Waals surface area contributed by atoms with Crippen LogP contribution in [-0.4, -0.2) is 25.8 Å². The molecule has 1 unspecified atom stereocenters. The van der Waals surface area contributed by atoms with Gasteiger partial charge in [0.05, 0.1) is 13.2 Å². The Labute approximate surface area is 56.6 Å². The molecule has 0 aromatic rings. The molecule has 0 saturated carbocycles. The summed E-state index contributed by atoms with van der Waals surface area (Å²) in [6.07, 6.45) is 3.30. The second-order valence-corrected chi connectivity index (χ2v) is 2.37. The first kappa shape index (κ1) is 7.03. The molecule has 1 rings (SSSR count). The smallest absolute Gasteiger partial charge is 0.0620 e. The number of ether oxygens (including phenoxy) is 1. The van der Waals surface area contributed by atoms with Crippen LogP contribution in [-0.2, 0) is 4.74 Å². The van der Waals surface area contributed by atoms with Crippen molar-refractivity contribution in [3.8, 4) is 0 Å².